The first-order valence-corrected chi connectivity index (χ1v) is 10.7. The lowest BCUT2D eigenvalue weighted by molar-refractivity contribution is -0.384. The molecule has 0 saturated heterocycles. The molecule has 0 radical (unpaired) electrons. The van der Waals surface area contributed by atoms with E-state index in [9.17, 15) is 24.5 Å². The van der Waals surface area contributed by atoms with Gasteiger partial charge in [-0.3, -0.25) is 29.5 Å². The lowest BCUT2D eigenvalue weighted by Crippen LogP contribution is -2.36. The summed E-state index contributed by atoms with van der Waals surface area (Å²) in [5.74, 6) is -2.45. The van der Waals surface area contributed by atoms with Gasteiger partial charge >= 0.3 is 0 Å². The fraction of sp³-hybridized carbons (Fsp3) is 0.143. The van der Waals surface area contributed by atoms with Crippen LogP contribution < -0.4 is 26.2 Å². The number of anilines is 4. The van der Waals surface area contributed by atoms with Crippen LogP contribution in [0.5, 0.6) is 5.75 Å². The Labute approximate surface area is 206 Å². The van der Waals surface area contributed by atoms with Crippen LogP contribution in [0.2, 0.25) is 10.0 Å². The number of carbonyl (C=O) groups is 2. The quantitative estimate of drug-likeness (QED) is 0.282. The molecule has 1 aromatic heterocycles. The highest BCUT2D eigenvalue weighted by Crippen LogP contribution is 2.33. The van der Waals surface area contributed by atoms with Crippen LogP contribution in [0, 0.1) is 10.1 Å². The number of halogens is 2. The molecule has 12 nitrogen and oxygen atoms in total. The maximum absolute atomic E-state index is 13.1. The number of aromatic amines is 1. The molecule has 0 aliphatic carbocycles. The molecular formula is C21H16Cl2N6O6. The number of fused-ring (bicyclic) bond motifs is 1. The van der Waals surface area contributed by atoms with E-state index in [1.807, 2.05) is 0 Å². The predicted octanol–water partition coefficient (Wildman–Crippen LogP) is 3.80. The second kappa shape index (κ2) is 9.60. The van der Waals surface area contributed by atoms with Crippen LogP contribution in [0.3, 0.4) is 0 Å². The van der Waals surface area contributed by atoms with Gasteiger partial charge in [-0.1, -0.05) is 23.2 Å². The average molecular weight is 519 g/mol. The summed E-state index contributed by atoms with van der Waals surface area (Å²) in [6.45, 7) is 0. The van der Waals surface area contributed by atoms with Crippen molar-refractivity contribution in [2.45, 2.75) is 12.3 Å². The molecule has 4 N–H and O–H groups in total. The molecule has 0 bridgehead atoms. The number of nitro benzene ring substituents is 1. The fourth-order valence-electron chi connectivity index (χ4n) is 3.53. The first-order chi connectivity index (χ1) is 16.6. The minimum absolute atomic E-state index is 0.00882. The fourth-order valence-corrected chi connectivity index (χ4v) is 4.06. The van der Waals surface area contributed by atoms with E-state index in [0.717, 1.165) is 6.07 Å². The minimum atomic E-state index is -1.18. The Morgan fingerprint density at radius 2 is 1.91 bits per heavy atom. The molecular weight excluding hydrogens is 503 g/mol. The minimum Gasteiger partial charge on any atom is -0.494 e. The number of hydrogen-bond donors (Lipinski definition) is 4. The summed E-state index contributed by atoms with van der Waals surface area (Å²) in [5.41, 5.74) is -0.355. The van der Waals surface area contributed by atoms with Gasteiger partial charge in [0.05, 0.1) is 35.3 Å². The molecule has 14 heteroatoms. The summed E-state index contributed by atoms with van der Waals surface area (Å²) in [4.78, 5) is 55.4. The van der Waals surface area contributed by atoms with Crippen molar-refractivity contribution in [2.24, 2.45) is 0 Å². The van der Waals surface area contributed by atoms with E-state index in [2.05, 4.69) is 25.9 Å². The number of aromatic nitrogens is 2. The number of nitrogens with one attached hydrogen (secondary N) is 4. The van der Waals surface area contributed by atoms with Crippen LogP contribution in [-0.4, -0.2) is 33.8 Å². The zero-order valence-electron chi connectivity index (χ0n) is 17.8. The van der Waals surface area contributed by atoms with Gasteiger partial charge in [0, 0.05) is 28.2 Å². The van der Waals surface area contributed by atoms with Gasteiger partial charge in [0.1, 0.15) is 11.6 Å². The van der Waals surface area contributed by atoms with E-state index < -0.39 is 28.2 Å². The second-order valence-electron chi connectivity index (χ2n) is 7.40. The maximum Gasteiger partial charge on any atom is 0.273 e. The van der Waals surface area contributed by atoms with Crippen molar-refractivity contribution in [3.63, 3.8) is 0 Å². The first-order valence-electron chi connectivity index (χ1n) is 9.95. The molecule has 4 rings (SSSR count). The highest BCUT2D eigenvalue weighted by molar-refractivity contribution is 6.35. The van der Waals surface area contributed by atoms with E-state index >= 15 is 0 Å². The number of carbonyl (C=O) groups excluding carboxylic acids is 2. The topological polar surface area (TPSA) is 168 Å². The number of H-pyrrole nitrogens is 1. The Morgan fingerprint density at radius 1 is 1.20 bits per heavy atom. The third-order valence-electron chi connectivity index (χ3n) is 5.05. The monoisotopic (exact) mass is 518 g/mol. The molecule has 1 atom stereocenters. The summed E-state index contributed by atoms with van der Waals surface area (Å²) in [5, 5.41) is 19.6. The number of nitrogens with zero attached hydrogens (tertiary/aromatic N) is 2. The molecule has 2 amide bonds. The van der Waals surface area contributed by atoms with Crippen molar-refractivity contribution in [3.05, 3.63) is 72.5 Å². The molecule has 3 aromatic rings. The third kappa shape index (κ3) is 5.18. The lowest BCUT2D eigenvalue weighted by Gasteiger charge is -2.24. The zero-order chi connectivity index (χ0) is 25.3. The van der Waals surface area contributed by atoms with Gasteiger partial charge in [-0.05, 0) is 24.3 Å². The van der Waals surface area contributed by atoms with Crippen LogP contribution >= 0.6 is 23.2 Å². The molecule has 2 aromatic carbocycles. The van der Waals surface area contributed by atoms with Gasteiger partial charge in [0.25, 0.3) is 11.2 Å². The van der Waals surface area contributed by atoms with Crippen LogP contribution in [0.25, 0.3) is 0 Å². The smallest absolute Gasteiger partial charge is 0.273 e. The van der Waals surface area contributed by atoms with E-state index in [1.54, 1.807) is 12.1 Å². The second-order valence-corrected chi connectivity index (χ2v) is 8.27. The molecule has 180 valence electrons. The average Bonchev–Trinajstić information content (AvgIpc) is 2.77. The largest absolute Gasteiger partial charge is 0.494 e. The summed E-state index contributed by atoms with van der Waals surface area (Å²) < 4.78 is 5.12. The van der Waals surface area contributed by atoms with Crippen molar-refractivity contribution in [1.82, 2.24) is 9.97 Å². The summed E-state index contributed by atoms with van der Waals surface area (Å²) >= 11 is 12.0. The third-order valence-corrected chi connectivity index (χ3v) is 5.48. The normalized spacial score (nSPS) is 14.5. The maximum atomic E-state index is 13.1. The van der Waals surface area contributed by atoms with Crippen LogP contribution in [0.1, 0.15) is 17.9 Å². The van der Waals surface area contributed by atoms with E-state index in [1.165, 1.54) is 25.3 Å². The molecule has 0 spiro atoms. The van der Waals surface area contributed by atoms with Gasteiger partial charge < -0.3 is 20.7 Å². The molecule has 2 heterocycles. The number of nitro groups is 1. The summed E-state index contributed by atoms with van der Waals surface area (Å²) in [7, 11) is 1.29. The number of amides is 2. The van der Waals surface area contributed by atoms with Crippen LogP contribution in [0.4, 0.5) is 28.8 Å². The Bertz CT molecular complexity index is 1410. The van der Waals surface area contributed by atoms with E-state index in [0.29, 0.717) is 15.7 Å². The van der Waals surface area contributed by atoms with Crippen molar-refractivity contribution >= 4 is 63.8 Å². The number of benzene rings is 2. The van der Waals surface area contributed by atoms with Gasteiger partial charge in [-0.15, -0.1) is 0 Å². The van der Waals surface area contributed by atoms with Gasteiger partial charge in [-0.2, -0.15) is 4.98 Å². The predicted molar refractivity (Wildman–Crippen MR) is 129 cm³/mol. The van der Waals surface area contributed by atoms with Crippen LogP contribution in [-0.2, 0) is 9.59 Å². The highest BCUT2D eigenvalue weighted by Gasteiger charge is 2.35. The molecule has 1 aliphatic rings. The number of non-ortho nitro benzene ring substituents is 1. The lowest BCUT2D eigenvalue weighted by atomic mass is 9.92. The summed E-state index contributed by atoms with van der Waals surface area (Å²) in [6, 6.07) is 8.27. The standard InChI is InChI=1S/C21H16Cl2N6O6/c1-35-15-7-12(29(33)34)2-3-14(15)25-19(31)13-8-16(30)26-18-17(13)20(32)28-21(27-18)24-11-5-9(22)4-10(23)6-11/h2-7,13H,8H2,1H3,(H,25,31)(H3,24,26,27,28,30,32). The highest BCUT2D eigenvalue weighted by atomic mass is 35.5. The van der Waals surface area contributed by atoms with Gasteiger partial charge in [0.2, 0.25) is 17.8 Å². The number of ether oxygens (including phenoxy) is 1. The van der Waals surface area contributed by atoms with Gasteiger partial charge in [0.15, 0.2) is 0 Å². The first kappa shape index (κ1) is 24.0. The van der Waals surface area contributed by atoms with Gasteiger partial charge in [-0.25, -0.2) is 0 Å². The van der Waals surface area contributed by atoms with E-state index in [4.69, 9.17) is 27.9 Å². The van der Waals surface area contributed by atoms with Crippen molar-refractivity contribution in [1.29, 1.82) is 0 Å². The number of hydrogen-bond acceptors (Lipinski definition) is 8. The zero-order valence-corrected chi connectivity index (χ0v) is 19.4. The van der Waals surface area contributed by atoms with Crippen molar-refractivity contribution < 1.29 is 19.2 Å². The Kier molecular flexibility index (Phi) is 6.58. The number of methoxy groups -OCH3 is 1. The summed E-state index contributed by atoms with van der Waals surface area (Å²) in [6.07, 6.45) is -0.310. The number of rotatable bonds is 6. The van der Waals surface area contributed by atoms with Crippen molar-refractivity contribution in [3.8, 4) is 5.75 Å². The Balaban J connectivity index is 1.64. The molecule has 1 aliphatic heterocycles. The molecule has 0 saturated carbocycles. The van der Waals surface area contributed by atoms with Crippen LogP contribution in [0.15, 0.2) is 41.2 Å². The van der Waals surface area contributed by atoms with E-state index in [-0.39, 0.29) is 40.9 Å². The molecule has 1 unspecified atom stereocenters. The Hall–Kier alpha value is -4.16. The molecule has 0 fully saturated rings. The SMILES string of the molecule is COc1cc([N+](=O)[O-])ccc1NC(=O)C1CC(=O)Nc2nc(Nc3cc(Cl)cc(Cl)c3)[nH]c(=O)c21. The van der Waals surface area contributed by atoms with Crippen molar-refractivity contribution in [2.75, 3.05) is 23.1 Å². The molecule has 35 heavy (non-hydrogen) atoms. The Morgan fingerprint density at radius 3 is 2.57 bits per heavy atom.